The number of amides is 2. The van der Waals surface area contributed by atoms with E-state index in [2.05, 4.69) is 0 Å². The van der Waals surface area contributed by atoms with E-state index in [0.717, 1.165) is 17.8 Å². The maximum Gasteiger partial charge on any atom is 0.241 e. The molecule has 0 aromatic heterocycles. The lowest BCUT2D eigenvalue weighted by molar-refractivity contribution is -0.121. The van der Waals surface area contributed by atoms with E-state index in [4.69, 9.17) is 11.5 Å². The van der Waals surface area contributed by atoms with Gasteiger partial charge < -0.3 is 16.4 Å². The van der Waals surface area contributed by atoms with Crippen LogP contribution in [0.25, 0.3) is 0 Å². The van der Waals surface area contributed by atoms with E-state index in [9.17, 15) is 9.59 Å². The number of hydrogen-bond acceptors (Lipinski definition) is 4. The molecule has 1 aliphatic rings. The Labute approximate surface area is 118 Å². The summed E-state index contributed by atoms with van der Waals surface area (Å²) in [4.78, 5) is 26.8. The predicted octanol–water partition coefficient (Wildman–Crippen LogP) is -0.680. The molecule has 2 rings (SSSR count). The van der Waals surface area contributed by atoms with Crippen LogP contribution in [-0.4, -0.2) is 49.4 Å². The summed E-state index contributed by atoms with van der Waals surface area (Å²) in [6, 6.07) is 6.83. The van der Waals surface area contributed by atoms with Crippen molar-refractivity contribution in [1.82, 2.24) is 4.90 Å². The summed E-state index contributed by atoms with van der Waals surface area (Å²) in [5.41, 5.74) is 12.6. The fourth-order valence-electron chi connectivity index (χ4n) is 2.27. The number of likely N-dealkylation sites (N-methyl/N-ethyl adjacent to an activating group) is 1. The molecular formula is C14H20N4O2. The van der Waals surface area contributed by atoms with Gasteiger partial charge in [0.15, 0.2) is 0 Å². The summed E-state index contributed by atoms with van der Waals surface area (Å²) in [5, 5.41) is 0. The van der Waals surface area contributed by atoms with Crippen molar-refractivity contribution in [3.8, 4) is 0 Å². The maximum absolute atomic E-state index is 12.0. The Hall–Kier alpha value is -1.92. The van der Waals surface area contributed by atoms with Gasteiger partial charge in [-0.25, -0.2) is 0 Å². The molecule has 1 aromatic rings. The molecule has 4 N–H and O–H groups in total. The lowest BCUT2D eigenvalue weighted by Gasteiger charge is -2.32. The van der Waals surface area contributed by atoms with Crippen molar-refractivity contribution in [3.63, 3.8) is 0 Å². The fourth-order valence-corrected chi connectivity index (χ4v) is 2.27. The van der Waals surface area contributed by atoms with Gasteiger partial charge in [0, 0.05) is 18.8 Å². The van der Waals surface area contributed by atoms with Crippen molar-refractivity contribution in [2.45, 2.75) is 12.5 Å². The SMILES string of the molecule is CN1CCN(c2cccc(CC(N)C(N)=O)c2)C(=O)C1. The minimum atomic E-state index is -0.701. The Kier molecular flexibility index (Phi) is 4.36. The van der Waals surface area contributed by atoms with Crippen LogP contribution in [0.15, 0.2) is 24.3 Å². The molecule has 1 aliphatic heterocycles. The van der Waals surface area contributed by atoms with Gasteiger partial charge in [0.05, 0.1) is 12.6 Å². The molecule has 0 radical (unpaired) electrons. The molecular weight excluding hydrogens is 256 g/mol. The second-order valence-corrected chi connectivity index (χ2v) is 5.17. The summed E-state index contributed by atoms with van der Waals surface area (Å²) < 4.78 is 0. The molecule has 1 atom stereocenters. The lowest BCUT2D eigenvalue weighted by atomic mass is 10.0. The molecule has 1 unspecified atom stereocenters. The van der Waals surface area contributed by atoms with Crippen LogP contribution in [0.4, 0.5) is 5.69 Å². The van der Waals surface area contributed by atoms with Gasteiger partial charge in [0.1, 0.15) is 0 Å². The molecule has 1 saturated heterocycles. The zero-order valence-electron chi connectivity index (χ0n) is 11.6. The second kappa shape index (κ2) is 6.02. The number of nitrogens with zero attached hydrogens (tertiary/aromatic N) is 2. The minimum Gasteiger partial charge on any atom is -0.368 e. The number of hydrogen-bond donors (Lipinski definition) is 2. The smallest absolute Gasteiger partial charge is 0.241 e. The fraction of sp³-hybridized carbons (Fsp3) is 0.429. The Morgan fingerprint density at radius 2 is 2.15 bits per heavy atom. The summed E-state index contributed by atoms with van der Waals surface area (Å²) in [7, 11) is 1.93. The van der Waals surface area contributed by atoms with Crippen molar-refractivity contribution >= 4 is 17.5 Å². The van der Waals surface area contributed by atoms with Crippen LogP contribution < -0.4 is 16.4 Å². The Morgan fingerprint density at radius 1 is 1.40 bits per heavy atom. The maximum atomic E-state index is 12.0. The predicted molar refractivity (Wildman–Crippen MR) is 77.2 cm³/mol. The van der Waals surface area contributed by atoms with Gasteiger partial charge in [-0.3, -0.25) is 14.5 Å². The van der Waals surface area contributed by atoms with Gasteiger partial charge in [-0.1, -0.05) is 12.1 Å². The number of piperazine rings is 1. The topological polar surface area (TPSA) is 92.7 Å². The third-order valence-electron chi connectivity index (χ3n) is 3.45. The first kappa shape index (κ1) is 14.5. The summed E-state index contributed by atoms with van der Waals surface area (Å²) in [6.45, 7) is 1.93. The molecule has 0 saturated carbocycles. The third kappa shape index (κ3) is 3.34. The molecule has 0 aliphatic carbocycles. The van der Waals surface area contributed by atoms with E-state index >= 15 is 0 Å². The first-order valence-electron chi connectivity index (χ1n) is 6.60. The van der Waals surface area contributed by atoms with Gasteiger partial charge >= 0.3 is 0 Å². The molecule has 0 bridgehead atoms. The molecule has 1 heterocycles. The number of benzene rings is 1. The molecule has 20 heavy (non-hydrogen) atoms. The summed E-state index contributed by atoms with van der Waals surface area (Å²) >= 11 is 0. The van der Waals surface area contributed by atoms with E-state index in [-0.39, 0.29) is 5.91 Å². The Morgan fingerprint density at radius 3 is 2.80 bits per heavy atom. The van der Waals surface area contributed by atoms with Crippen LogP contribution in [0.1, 0.15) is 5.56 Å². The Bertz CT molecular complexity index is 518. The molecule has 108 valence electrons. The zero-order chi connectivity index (χ0) is 14.7. The number of carbonyl (C=O) groups excluding carboxylic acids is 2. The van der Waals surface area contributed by atoms with Crippen molar-refractivity contribution in [3.05, 3.63) is 29.8 Å². The average molecular weight is 276 g/mol. The van der Waals surface area contributed by atoms with Gasteiger partial charge in [-0.15, -0.1) is 0 Å². The second-order valence-electron chi connectivity index (χ2n) is 5.17. The van der Waals surface area contributed by atoms with E-state index in [0.29, 0.717) is 19.5 Å². The van der Waals surface area contributed by atoms with Crippen LogP contribution >= 0.6 is 0 Å². The standard InChI is InChI=1S/C14H20N4O2/c1-17-5-6-18(13(19)9-17)11-4-2-3-10(7-11)8-12(15)14(16)20/h2-4,7,12H,5-6,8-9,15H2,1H3,(H2,16,20). The van der Waals surface area contributed by atoms with Crippen LogP contribution in [0.2, 0.25) is 0 Å². The van der Waals surface area contributed by atoms with Crippen molar-refractivity contribution < 1.29 is 9.59 Å². The molecule has 6 nitrogen and oxygen atoms in total. The van der Waals surface area contributed by atoms with Gasteiger partial charge in [0.25, 0.3) is 0 Å². The van der Waals surface area contributed by atoms with Gasteiger partial charge in [-0.2, -0.15) is 0 Å². The monoisotopic (exact) mass is 276 g/mol. The van der Waals surface area contributed by atoms with E-state index in [1.54, 1.807) is 4.90 Å². The molecule has 1 aromatic carbocycles. The third-order valence-corrected chi connectivity index (χ3v) is 3.45. The summed E-state index contributed by atoms with van der Waals surface area (Å²) in [6.07, 6.45) is 0.380. The van der Waals surface area contributed by atoms with Gasteiger partial charge in [-0.05, 0) is 31.2 Å². The van der Waals surface area contributed by atoms with Crippen LogP contribution in [-0.2, 0) is 16.0 Å². The van der Waals surface area contributed by atoms with Crippen LogP contribution in [0, 0.1) is 0 Å². The summed E-state index contributed by atoms with van der Waals surface area (Å²) in [5.74, 6) is -0.443. The highest BCUT2D eigenvalue weighted by atomic mass is 16.2. The van der Waals surface area contributed by atoms with Crippen LogP contribution in [0.5, 0.6) is 0 Å². The molecule has 0 spiro atoms. The molecule has 6 heteroatoms. The molecule has 2 amide bonds. The largest absolute Gasteiger partial charge is 0.368 e. The van der Waals surface area contributed by atoms with E-state index in [1.165, 1.54) is 0 Å². The first-order chi connectivity index (χ1) is 9.47. The quantitative estimate of drug-likeness (QED) is 0.762. The number of anilines is 1. The van der Waals surface area contributed by atoms with E-state index in [1.807, 2.05) is 36.2 Å². The first-order valence-corrected chi connectivity index (χ1v) is 6.60. The number of nitrogens with two attached hydrogens (primary N) is 2. The van der Waals surface area contributed by atoms with Crippen molar-refractivity contribution in [1.29, 1.82) is 0 Å². The van der Waals surface area contributed by atoms with Crippen molar-refractivity contribution in [2.24, 2.45) is 11.5 Å². The lowest BCUT2D eigenvalue weighted by Crippen LogP contribution is -2.48. The molecule has 1 fully saturated rings. The number of rotatable bonds is 4. The highest BCUT2D eigenvalue weighted by Crippen LogP contribution is 2.19. The normalized spacial score (nSPS) is 18.1. The number of carbonyl (C=O) groups is 2. The highest BCUT2D eigenvalue weighted by molar-refractivity contribution is 5.95. The zero-order valence-corrected chi connectivity index (χ0v) is 11.6. The Balaban J connectivity index is 2.13. The highest BCUT2D eigenvalue weighted by Gasteiger charge is 2.23. The van der Waals surface area contributed by atoms with Gasteiger partial charge in [0.2, 0.25) is 11.8 Å². The average Bonchev–Trinajstić information content (AvgIpc) is 2.38. The van der Waals surface area contributed by atoms with E-state index < -0.39 is 11.9 Å². The van der Waals surface area contributed by atoms with Crippen molar-refractivity contribution in [2.75, 3.05) is 31.6 Å². The number of primary amides is 1. The van der Waals surface area contributed by atoms with Crippen LogP contribution in [0.3, 0.4) is 0 Å². The minimum absolute atomic E-state index is 0.0788.